The third kappa shape index (κ3) is 5.33. The molecule has 2 N–H and O–H groups in total. The number of carbonyl (C=O) groups is 2. The van der Waals surface area contributed by atoms with E-state index in [2.05, 4.69) is 10.6 Å². The fraction of sp³-hybridized carbons (Fsp3) is 0.391. The lowest BCUT2D eigenvalue weighted by molar-refractivity contribution is -0.137. The van der Waals surface area contributed by atoms with E-state index in [1.54, 1.807) is 23.1 Å². The summed E-state index contributed by atoms with van der Waals surface area (Å²) in [6.45, 7) is 8.41. The van der Waals surface area contributed by atoms with E-state index >= 15 is 0 Å². The Bertz CT molecular complexity index is 1000. The molecule has 1 aliphatic rings. The van der Waals surface area contributed by atoms with Gasteiger partial charge in [-0.15, -0.1) is 0 Å². The largest absolute Gasteiger partial charge is 0.490 e. The van der Waals surface area contributed by atoms with Crippen molar-refractivity contribution < 1.29 is 27.5 Å². The number of amides is 3. The van der Waals surface area contributed by atoms with Crippen LogP contribution < -0.4 is 20.3 Å². The van der Waals surface area contributed by atoms with Crippen molar-refractivity contribution in [1.82, 2.24) is 0 Å². The first-order valence-electron chi connectivity index (χ1n) is 10.2. The van der Waals surface area contributed by atoms with Gasteiger partial charge in [-0.1, -0.05) is 13.8 Å². The van der Waals surface area contributed by atoms with Gasteiger partial charge < -0.3 is 20.3 Å². The predicted molar refractivity (Wildman–Crippen MR) is 117 cm³/mol. The number of ether oxygens (including phenoxy) is 1. The highest BCUT2D eigenvalue weighted by Gasteiger charge is 2.38. The monoisotopic (exact) mass is 449 g/mol. The van der Waals surface area contributed by atoms with Crippen LogP contribution >= 0.6 is 0 Å². The molecule has 1 aliphatic heterocycles. The number of rotatable bonds is 4. The van der Waals surface area contributed by atoms with Gasteiger partial charge in [-0.25, -0.2) is 4.79 Å². The van der Waals surface area contributed by atoms with Gasteiger partial charge in [-0.3, -0.25) is 4.79 Å². The van der Waals surface area contributed by atoms with Crippen molar-refractivity contribution in [3.05, 3.63) is 48.0 Å². The Morgan fingerprint density at radius 3 is 2.28 bits per heavy atom. The minimum atomic E-state index is -4.44. The highest BCUT2D eigenvalue weighted by molar-refractivity contribution is 6.02. The number of fused-ring (bicyclic) bond motifs is 1. The summed E-state index contributed by atoms with van der Waals surface area (Å²) < 4.78 is 43.9. The smallest absolute Gasteiger partial charge is 0.416 e. The number of carbonyl (C=O) groups excluding carboxylic acids is 2. The summed E-state index contributed by atoms with van der Waals surface area (Å²) in [5, 5.41) is 5.13. The summed E-state index contributed by atoms with van der Waals surface area (Å²) in [7, 11) is 0. The van der Waals surface area contributed by atoms with Crippen LogP contribution in [0.2, 0.25) is 0 Å². The maximum atomic E-state index is 13.0. The second-order valence-corrected chi connectivity index (χ2v) is 8.82. The predicted octanol–water partition coefficient (Wildman–Crippen LogP) is 5.76. The van der Waals surface area contributed by atoms with Crippen molar-refractivity contribution in [1.29, 1.82) is 0 Å². The molecule has 3 amide bonds. The van der Waals surface area contributed by atoms with Gasteiger partial charge in [0.1, 0.15) is 12.4 Å². The molecule has 6 nitrogen and oxygen atoms in total. The second-order valence-electron chi connectivity index (χ2n) is 8.82. The number of nitrogens with one attached hydrogen (secondary N) is 2. The Morgan fingerprint density at radius 1 is 1.09 bits per heavy atom. The van der Waals surface area contributed by atoms with Crippen molar-refractivity contribution in [2.75, 3.05) is 28.7 Å². The molecule has 0 fully saturated rings. The summed E-state index contributed by atoms with van der Waals surface area (Å²) >= 11 is 0. The SMILES string of the molecule is CC(C)CN1C(=O)C(C)(C)COc2cc(NC(=O)Nc3ccc(C(F)(F)F)cc3)ccc21. The molecular formula is C23H26F3N3O3. The van der Waals surface area contributed by atoms with Gasteiger partial charge in [0, 0.05) is 24.0 Å². The minimum absolute atomic E-state index is 0.0364. The van der Waals surface area contributed by atoms with E-state index in [4.69, 9.17) is 4.74 Å². The van der Waals surface area contributed by atoms with Crippen molar-refractivity contribution in [2.24, 2.45) is 11.3 Å². The maximum Gasteiger partial charge on any atom is 0.416 e. The minimum Gasteiger partial charge on any atom is -0.490 e. The van der Waals surface area contributed by atoms with Crippen molar-refractivity contribution in [3.63, 3.8) is 0 Å². The van der Waals surface area contributed by atoms with Gasteiger partial charge in [-0.05, 0) is 56.2 Å². The van der Waals surface area contributed by atoms with Crippen molar-refractivity contribution in [2.45, 2.75) is 33.9 Å². The summed E-state index contributed by atoms with van der Waals surface area (Å²) in [4.78, 5) is 27.0. The molecule has 172 valence electrons. The molecule has 32 heavy (non-hydrogen) atoms. The van der Waals surface area contributed by atoms with E-state index in [1.807, 2.05) is 27.7 Å². The molecule has 0 saturated heterocycles. The Hall–Kier alpha value is -3.23. The van der Waals surface area contributed by atoms with E-state index in [9.17, 15) is 22.8 Å². The molecule has 0 aromatic heterocycles. The number of urea groups is 1. The average Bonchev–Trinajstić information content (AvgIpc) is 2.77. The van der Waals surface area contributed by atoms with Crippen LogP contribution in [0.5, 0.6) is 5.75 Å². The molecule has 0 atom stereocenters. The molecule has 9 heteroatoms. The molecular weight excluding hydrogens is 423 g/mol. The number of hydrogen-bond donors (Lipinski definition) is 2. The molecule has 3 rings (SSSR count). The van der Waals surface area contributed by atoms with E-state index in [-0.39, 0.29) is 24.1 Å². The molecule has 0 spiro atoms. The van der Waals surface area contributed by atoms with Gasteiger partial charge in [0.25, 0.3) is 0 Å². The standard InChI is InChI=1S/C23H26F3N3O3/c1-14(2)12-29-18-10-9-17(11-19(18)32-13-22(3,4)20(29)30)28-21(31)27-16-7-5-15(6-8-16)23(24,25)26/h5-11,14H,12-13H2,1-4H3,(H2,27,28,31). The van der Waals surface area contributed by atoms with Crippen LogP contribution in [-0.2, 0) is 11.0 Å². The third-order valence-electron chi connectivity index (χ3n) is 4.94. The number of alkyl halides is 3. The molecule has 0 saturated carbocycles. The van der Waals surface area contributed by atoms with Crippen molar-refractivity contribution in [3.8, 4) is 5.75 Å². The topological polar surface area (TPSA) is 70.7 Å². The highest BCUT2D eigenvalue weighted by atomic mass is 19.4. The lowest BCUT2D eigenvalue weighted by Gasteiger charge is -2.29. The molecule has 2 aromatic rings. The summed E-state index contributed by atoms with van der Waals surface area (Å²) in [6.07, 6.45) is -4.44. The normalized spacial score (nSPS) is 15.6. The van der Waals surface area contributed by atoms with E-state index in [1.165, 1.54) is 12.1 Å². The Balaban J connectivity index is 1.76. The number of benzene rings is 2. The zero-order valence-corrected chi connectivity index (χ0v) is 18.3. The number of anilines is 3. The van der Waals surface area contributed by atoms with E-state index in [0.717, 1.165) is 12.1 Å². The zero-order valence-electron chi connectivity index (χ0n) is 18.3. The first kappa shape index (κ1) is 23.4. The molecule has 0 aliphatic carbocycles. The number of halogens is 3. The Morgan fingerprint density at radius 2 is 1.69 bits per heavy atom. The third-order valence-corrected chi connectivity index (χ3v) is 4.94. The number of nitrogens with zero attached hydrogens (tertiary/aromatic N) is 1. The maximum absolute atomic E-state index is 13.0. The fourth-order valence-electron chi connectivity index (χ4n) is 3.31. The molecule has 0 unspecified atom stereocenters. The summed E-state index contributed by atoms with van der Waals surface area (Å²) in [5.41, 5.74) is -0.235. The summed E-state index contributed by atoms with van der Waals surface area (Å²) in [5.74, 6) is 0.677. The van der Waals surface area contributed by atoms with Crippen LogP contribution in [0.3, 0.4) is 0 Å². The fourth-order valence-corrected chi connectivity index (χ4v) is 3.31. The Kier molecular flexibility index (Phi) is 6.39. The van der Waals surface area contributed by atoms with Crippen LogP contribution in [0, 0.1) is 11.3 Å². The molecule has 0 radical (unpaired) electrons. The lowest BCUT2D eigenvalue weighted by Crippen LogP contribution is -2.43. The first-order valence-corrected chi connectivity index (χ1v) is 10.2. The first-order chi connectivity index (χ1) is 14.9. The molecule has 1 heterocycles. The van der Waals surface area contributed by atoms with E-state index < -0.39 is 23.2 Å². The van der Waals surface area contributed by atoms with Crippen LogP contribution in [0.4, 0.5) is 35.0 Å². The number of hydrogen-bond acceptors (Lipinski definition) is 3. The highest BCUT2D eigenvalue weighted by Crippen LogP contribution is 2.38. The molecule has 0 bridgehead atoms. The van der Waals surface area contributed by atoms with E-state index in [0.29, 0.717) is 23.7 Å². The quantitative estimate of drug-likeness (QED) is 0.624. The average molecular weight is 449 g/mol. The second kappa shape index (κ2) is 8.72. The molecule has 2 aromatic carbocycles. The summed E-state index contributed by atoms with van der Waals surface area (Å²) in [6, 6.07) is 8.53. The van der Waals surface area contributed by atoms with Crippen LogP contribution in [0.25, 0.3) is 0 Å². The lowest BCUT2D eigenvalue weighted by atomic mass is 9.92. The van der Waals surface area contributed by atoms with Gasteiger partial charge in [-0.2, -0.15) is 13.2 Å². The van der Waals surface area contributed by atoms with Gasteiger partial charge in [0.2, 0.25) is 5.91 Å². The van der Waals surface area contributed by atoms with Crippen LogP contribution in [0.1, 0.15) is 33.3 Å². The van der Waals surface area contributed by atoms with Gasteiger partial charge in [0.05, 0.1) is 16.7 Å². The van der Waals surface area contributed by atoms with Crippen LogP contribution in [0.15, 0.2) is 42.5 Å². The van der Waals surface area contributed by atoms with Crippen LogP contribution in [-0.4, -0.2) is 25.1 Å². The Labute approximate surface area is 184 Å². The van der Waals surface area contributed by atoms with Crippen molar-refractivity contribution >= 4 is 29.0 Å². The van der Waals surface area contributed by atoms with Gasteiger partial charge in [0.15, 0.2) is 0 Å². The van der Waals surface area contributed by atoms with Gasteiger partial charge >= 0.3 is 12.2 Å². The zero-order chi connectivity index (χ0) is 23.7.